The van der Waals surface area contributed by atoms with Crippen molar-refractivity contribution in [2.75, 3.05) is 12.8 Å². The van der Waals surface area contributed by atoms with Crippen LogP contribution < -0.4 is 5.32 Å². The lowest BCUT2D eigenvalue weighted by atomic mass is 10.1. The zero-order valence-corrected chi connectivity index (χ0v) is 11.1. The van der Waals surface area contributed by atoms with Gasteiger partial charge in [-0.05, 0) is 43.8 Å². The highest BCUT2D eigenvalue weighted by Gasteiger charge is 2.06. The standard InChI is InChI=1S/C12H18ClNS/c1-4-7-15-12-6-5-10(8-11(12)13)9(2)14-3/h5-6,8-9,14H,4,7H2,1-3H3. The molecule has 1 rings (SSSR count). The van der Waals surface area contributed by atoms with Crippen LogP contribution in [0.3, 0.4) is 0 Å². The molecule has 1 N–H and O–H groups in total. The fourth-order valence-electron chi connectivity index (χ4n) is 1.28. The molecule has 0 aromatic heterocycles. The summed E-state index contributed by atoms with van der Waals surface area (Å²) < 4.78 is 0. The first-order valence-electron chi connectivity index (χ1n) is 5.28. The molecule has 0 radical (unpaired) electrons. The molecule has 1 aromatic rings. The smallest absolute Gasteiger partial charge is 0.0545 e. The molecule has 84 valence electrons. The van der Waals surface area contributed by atoms with Crippen LogP contribution >= 0.6 is 23.4 Å². The fraction of sp³-hybridized carbons (Fsp3) is 0.500. The average Bonchev–Trinajstić information content (AvgIpc) is 2.26. The van der Waals surface area contributed by atoms with E-state index in [1.807, 2.05) is 18.8 Å². The summed E-state index contributed by atoms with van der Waals surface area (Å²) in [5.41, 5.74) is 1.24. The van der Waals surface area contributed by atoms with Gasteiger partial charge in [-0.1, -0.05) is 24.6 Å². The van der Waals surface area contributed by atoms with E-state index in [1.54, 1.807) is 0 Å². The van der Waals surface area contributed by atoms with Crippen molar-refractivity contribution in [3.8, 4) is 0 Å². The maximum atomic E-state index is 6.22. The molecule has 0 saturated heterocycles. The predicted octanol–water partition coefficient (Wildman–Crippen LogP) is 4.12. The van der Waals surface area contributed by atoms with Crippen molar-refractivity contribution >= 4 is 23.4 Å². The van der Waals surface area contributed by atoms with Crippen molar-refractivity contribution in [3.05, 3.63) is 28.8 Å². The van der Waals surface area contributed by atoms with Gasteiger partial charge in [0.1, 0.15) is 0 Å². The van der Waals surface area contributed by atoms with Gasteiger partial charge in [-0.25, -0.2) is 0 Å². The first kappa shape index (κ1) is 12.9. The summed E-state index contributed by atoms with van der Waals surface area (Å²) in [7, 11) is 1.96. The van der Waals surface area contributed by atoms with Crippen LogP contribution in [-0.2, 0) is 0 Å². The minimum Gasteiger partial charge on any atom is -0.313 e. The summed E-state index contributed by atoms with van der Waals surface area (Å²) in [5.74, 6) is 1.13. The number of hydrogen-bond acceptors (Lipinski definition) is 2. The number of thioether (sulfide) groups is 1. The van der Waals surface area contributed by atoms with Crippen LogP contribution in [0.4, 0.5) is 0 Å². The third-order valence-electron chi connectivity index (χ3n) is 2.35. The van der Waals surface area contributed by atoms with E-state index < -0.39 is 0 Å². The Hall–Kier alpha value is -0.180. The fourth-order valence-corrected chi connectivity index (χ4v) is 2.42. The lowest BCUT2D eigenvalue weighted by Gasteiger charge is -2.12. The Balaban J connectivity index is 2.78. The topological polar surface area (TPSA) is 12.0 Å². The third kappa shape index (κ3) is 3.71. The van der Waals surface area contributed by atoms with Gasteiger partial charge in [-0.3, -0.25) is 0 Å². The molecule has 1 aromatic carbocycles. The number of hydrogen-bond donors (Lipinski definition) is 1. The molecule has 0 heterocycles. The molecule has 3 heteroatoms. The van der Waals surface area contributed by atoms with Crippen molar-refractivity contribution in [2.45, 2.75) is 31.2 Å². The van der Waals surface area contributed by atoms with E-state index in [-0.39, 0.29) is 0 Å². The van der Waals surface area contributed by atoms with E-state index in [0.717, 1.165) is 10.8 Å². The van der Waals surface area contributed by atoms with Gasteiger partial charge in [0.2, 0.25) is 0 Å². The van der Waals surface area contributed by atoms with Gasteiger partial charge >= 0.3 is 0 Å². The molecule has 0 aliphatic carbocycles. The van der Waals surface area contributed by atoms with Gasteiger partial charge in [-0.15, -0.1) is 11.8 Å². The highest BCUT2D eigenvalue weighted by Crippen LogP contribution is 2.29. The molecular formula is C12H18ClNS. The molecule has 0 amide bonds. The Bertz CT molecular complexity index is 314. The molecule has 0 saturated carbocycles. The van der Waals surface area contributed by atoms with Crippen molar-refractivity contribution < 1.29 is 0 Å². The van der Waals surface area contributed by atoms with Crippen molar-refractivity contribution in [1.82, 2.24) is 5.32 Å². The Morgan fingerprint density at radius 1 is 1.47 bits per heavy atom. The van der Waals surface area contributed by atoms with Gasteiger partial charge in [0, 0.05) is 10.9 Å². The van der Waals surface area contributed by atoms with Gasteiger partial charge < -0.3 is 5.32 Å². The number of benzene rings is 1. The second-order valence-electron chi connectivity index (χ2n) is 3.55. The Morgan fingerprint density at radius 2 is 2.20 bits per heavy atom. The van der Waals surface area contributed by atoms with Crippen LogP contribution in [0.5, 0.6) is 0 Å². The summed E-state index contributed by atoms with van der Waals surface area (Å²) in [6.45, 7) is 4.31. The van der Waals surface area contributed by atoms with E-state index in [4.69, 9.17) is 11.6 Å². The molecule has 0 fully saturated rings. The summed E-state index contributed by atoms with van der Waals surface area (Å²) in [6, 6.07) is 6.67. The molecule has 1 nitrogen and oxygen atoms in total. The number of rotatable bonds is 5. The van der Waals surface area contributed by atoms with E-state index >= 15 is 0 Å². The van der Waals surface area contributed by atoms with Crippen LogP contribution in [0.15, 0.2) is 23.1 Å². The normalized spacial score (nSPS) is 12.8. The Morgan fingerprint density at radius 3 is 2.73 bits per heavy atom. The van der Waals surface area contributed by atoms with Gasteiger partial charge in [0.25, 0.3) is 0 Å². The van der Waals surface area contributed by atoms with Crippen molar-refractivity contribution in [2.24, 2.45) is 0 Å². The van der Waals surface area contributed by atoms with Gasteiger partial charge in [0.15, 0.2) is 0 Å². The monoisotopic (exact) mass is 243 g/mol. The highest BCUT2D eigenvalue weighted by atomic mass is 35.5. The summed E-state index contributed by atoms with van der Waals surface area (Å²) >= 11 is 8.04. The second kappa shape index (κ2) is 6.41. The van der Waals surface area contributed by atoms with E-state index in [9.17, 15) is 0 Å². The van der Waals surface area contributed by atoms with Crippen LogP contribution in [0.25, 0.3) is 0 Å². The van der Waals surface area contributed by atoms with Crippen molar-refractivity contribution in [1.29, 1.82) is 0 Å². The maximum Gasteiger partial charge on any atom is 0.0545 e. The van der Waals surface area contributed by atoms with Crippen LogP contribution in [0.1, 0.15) is 31.9 Å². The molecule has 0 aliphatic rings. The summed E-state index contributed by atoms with van der Waals surface area (Å²) in [4.78, 5) is 1.19. The SMILES string of the molecule is CCCSc1ccc(C(C)NC)cc1Cl. The first-order chi connectivity index (χ1) is 7.19. The largest absolute Gasteiger partial charge is 0.313 e. The minimum atomic E-state index is 0.354. The van der Waals surface area contributed by atoms with E-state index in [0.29, 0.717) is 6.04 Å². The molecule has 1 unspecified atom stereocenters. The van der Waals surface area contributed by atoms with Crippen LogP contribution in [-0.4, -0.2) is 12.8 Å². The molecule has 0 bridgehead atoms. The van der Waals surface area contributed by atoms with Crippen molar-refractivity contribution in [3.63, 3.8) is 0 Å². The lowest BCUT2D eigenvalue weighted by molar-refractivity contribution is 0.652. The molecular weight excluding hydrogens is 226 g/mol. The quantitative estimate of drug-likeness (QED) is 0.781. The predicted molar refractivity (Wildman–Crippen MR) is 69.9 cm³/mol. The molecule has 0 aliphatic heterocycles. The zero-order valence-electron chi connectivity index (χ0n) is 9.51. The average molecular weight is 244 g/mol. The molecule has 1 atom stereocenters. The lowest BCUT2D eigenvalue weighted by Crippen LogP contribution is -2.12. The Kier molecular flexibility index (Phi) is 5.51. The Labute approximate surface area is 102 Å². The second-order valence-corrected chi connectivity index (χ2v) is 5.09. The summed E-state index contributed by atoms with van der Waals surface area (Å²) in [5, 5.41) is 4.07. The third-order valence-corrected chi connectivity index (χ3v) is 4.05. The van der Waals surface area contributed by atoms with Gasteiger partial charge in [-0.2, -0.15) is 0 Å². The zero-order chi connectivity index (χ0) is 11.3. The molecule has 15 heavy (non-hydrogen) atoms. The minimum absolute atomic E-state index is 0.354. The summed E-state index contributed by atoms with van der Waals surface area (Å²) in [6.07, 6.45) is 1.18. The maximum absolute atomic E-state index is 6.22. The number of halogens is 1. The van der Waals surface area contributed by atoms with E-state index in [1.165, 1.54) is 16.9 Å². The highest BCUT2D eigenvalue weighted by molar-refractivity contribution is 7.99. The van der Waals surface area contributed by atoms with Gasteiger partial charge in [0.05, 0.1) is 5.02 Å². The van der Waals surface area contributed by atoms with Crippen LogP contribution in [0, 0.1) is 0 Å². The first-order valence-corrected chi connectivity index (χ1v) is 6.65. The van der Waals surface area contributed by atoms with Crippen LogP contribution in [0.2, 0.25) is 5.02 Å². The molecule has 0 spiro atoms. The van der Waals surface area contributed by atoms with E-state index in [2.05, 4.69) is 37.4 Å². The number of nitrogens with one attached hydrogen (secondary N) is 1.